The van der Waals surface area contributed by atoms with Gasteiger partial charge in [0.15, 0.2) is 0 Å². The number of aryl methyl sites for hydroxylation is 1. The molecule has 0 saturated heterocycles. The second-order valence-corrected chi connectivity index (χ2v) is 13.6. The van der Waals surface area contributed by atoms with Crippen LogP contribution in [0.1, 0.15) is 82.4 Å². The van der Waals surface area contributed by atoms with E-state index < -0.39 is 29.3 Å². The topological polar surface area (TPSA) is 79.5 Å². The Balaban J connectivity index is 1.43. The van der Waals surface area contributed by atoms with Crippen LogP contribution in [0, 0.1) is 0 Å². The molecule has 0 radical (unpaired) electrons. The number of amides is 2. The van der Waals surface area contributed by atoms with Crippen molar-refractivity contribution in [2.24, 2.45) is 0 Å². The highest BCUT2D eigenvalue weighted by atomic mass is 32.1. The first-order valence-corrected chi connectivity index (χ1v) is 15.5. The van der Waals surface area contributed by atoms with E-state index in [1.807, 2.05) is 0 Å². The summed E-state index contributed by atoms with van der Waals surface area (Å²) in [7, 11) is 0. The Morgan fingerprint density at radius 1 is 0.976 bits per heavy atom. The highest BCUT2D eigenvalue weighted by Gasteiger charge is 2.35. The molecule has 3 aromatic rings. The lowest BCUT2D eigenvalue weighted by molar-refractivity contribution is -0.137. The number of nitrogens with one attached hydrogen (secondary N) is 3. The molecular weight excluding hydrogens is 571 g/mol. The van der Waals surface area contributed by atoms with E-state index in [0.717, 1.165) is 65.6 Å². The Bertz CT molecular complexity index is 1450. The number of hydrogen-bond acceptors (Lipinski definition) is 6. The van der Waals surface area contributed by atoms with Crippen LogP contribution in [0.25, 0.3) is 10.4 Å². The Hall–Kier alpha value is -2.89. The van der Waals surface area contributed by atoms with Crippen molar-refractivity contribution in [3.05, 3.63) is 61.8 Å². The third-order valence-corrected chi connectivity index (χ3v) is 9.69. The maximum atomic E-state index is 13.9. The maximum Gasteiger partial charge on any atom is 0.417 e. The molecule has 0 fully saturated rings. The second kappa shape index (κ2) is 11.8. The molecule has 0 unspecified atom stereocenters. The molecule has 1 aromatic carbocycles. The number of anilines is 1. The number of ether oxygens (including phenoxy) is 1. The highest BCUT2D eigenvalue weighted by Crippen LogP contribution is 2.44. The summed E-state index contributed by atoms with van der Waals surface area (Å²) >= 11 is 2.75. The van der Waals surface area contributed by atoms with Gasteiger partial charge in [-0.2, -0.15) is 13.2 Å². The minimum Gasteiger partial charge on any atom is -0.456 e. The normalized spacial score (nSPS) is 15.5. The van der Waals surface area contributed by atoms with E-state index in [1.165, 1.54) is 34.8 Å². The molecule has 220 valence electrons. The average Bonchev–Trinajstić information content (AvgIpc) is 3.34. The average molecular weight is 606 g/mol. The Labute approximate surface area is 245 Å². The van der Waals surface area contributed by atoms with Crippen LogP contribution in [0.15, 0.2) is 24.3 Å². The molecule has 0 atom stereocenters. The van der Waals surface area contributed by atoms with Gasteiger partial charge in [-0.05, 0) is 88.6 Å². The molecule has 1 aliphatic carbocycles. The molecule has 2 aromatic heterocycles. The molecule has 3 heterocycles. The summed E-state index contributed by atoms with van der Waals surface area (Å²) in [5.74, 6) is -0.464. The smallest absolute Gasteiger partial charge is 0.417 e. The Morgan fingerprint density at radius 2 is 1.71 bits per heavy atom. The summed E-state index contributed by atoms with van der Waals surface area (Å²) in [5.41, 5.74) is 1.79. The molecule has 1 aliphatic heterocycles. The number of halogens is 3. The van der Waals surface area contributed by atoms with Crippen molar-refractivity contribution in [3.63, 3.8) is 0 Å². The number of benzene rings is 1. The molecule has 6 nitrogen and oxygen atoms in total. The van der Waals surface area contributed by atoms with Crippen molar-refractivity contribution >= 4 is 39.7 Å². The van der Waals surface area contributed by atoms with Gasteiger partial charge in [-0.3, -0.25) is 5.32 Å². The lowest BCUT2D eigenvalue weighted by Crippen LogP contribution is -2.30. The monoisotopic (exact) mass is 605 g/mol. The Morgan fingerprint density at radius 3 is 2.46 bits per heavy atom. The molecule has 11 heteroatoms. The van der Waals surface area contributed by atoms with Crippen LogP contribution in [-0.4, -0.2) is 24.1 Å². The molecule has 0 bridgehead atoms. The van der Waals surface area contributed by atoms with Gasteiger partial charge in [-0.1, -0.05) is 18.2 Å². The molecule has 3 N–H and O–H groups in total. The van der Waals surface area contributed by atoms with Gasteiger partial charge in [0, 0.05) is 33.3 Å². The standard InChI is InChI=1S/C30H34F3N3O3S2/c1-29(2,3)39-27(37)24-19-10-5-7-13-22(19)41-26(24)36-28(38)35-15-20-17-11-8-14-34-16-23(17)40-25(20)18-9-4-6-12-21(18)30(31,32)33/h4,6,9,12,34H,5,7-8,10-11,13-16H2,1-3H3,(H2,35,36,38). The van der Waals surface area contributed by atoms with Crippen LogP contribution in [-0.2, 0) is 43.3 Å². The van der Waals surface area contributed by atoms with E-state index in [0.29, 0.717) is 34.0 Å². The number of rotatable bonds is 5. The van der Waals surface area contributed by atoms with Crippen LogP contribution < -0.4 is 16.0 Å². The number of carbonyl (C=O) groups excluding carboxylic acids is 2. The second-order valence-electron chi connectivity index (χ2n) is 11.4. The quantitative estimate of drug-likeness (QED) is 0.261. The lowest BCUT2D eigenvalue weighted by Gasteiger charge is -2.21. The van der Waals surface area contributed by atoms with Crippen LogP contribution in [0.3, 0.4) is 0 Å². The molecule has 0 spiro atoms. The predicted octanol–water partition coefficient (Wildman–Crippen LogP) is 7.69. The zero-order chi connectivity index (χ0) is 29.4. The van der Waals surface area contributed by atoms with Gasteiger partial charge in [0.1, 0.15) is 10.6 Å². The first-order chi connectivity index (χ1) is 19.4. The van der Waals surface area contributed by atoms with Crippen molar-refractivity contribution in [2.45, 2.75) is 84.2 Å². The largest absolute Gasteiger partial charge is 0.456 e. The Kier molecular flexibility index (Phi) is 8.50. The van der Waals surface area contributed by atoms with Crippen molar-refractivity contribution in [2.75, 3.05) is 11.9 Å². The first-order valence-electron chi connectivity index (χ1n) is 13.9. The number of hydrogen-bond donors (Lipinski definition) is 3. The number of thiophene rings is 2. The number of fused-ring (bicyclic) bond motifs is 2. The summed E-state index contributed by atoms with van der Waals surface area (Å²) in [4.78, 5) is 29.0. The minimum atomic E-state index is -4.51. The fourth-order valence-corrected chi connectivity index (χ4v) is 8.07. The summed E-state index contributed by atoms with van der Waals surface area (Å²) in [5, 5.41) is 9.52. The van der Waals surface area contributed by atoms with Gasteiger partial charge in [0.2, 0.25) is 0 Å². The fraction of sp³-hybridized carbons (Fsp3) is 0.467. The van der Waals surface area contributed by atoms with Gasteiger partial charge in [0.25, 0.3) is 0 Å². The number of alkyl halides is 3. The zero-order valence-corrected chi connectivity index (χ0v) is 25.0. The van der Waals surface area contributed by atoms with E-state index >= 15 is 0 Å². The van der Waals surface area contributed by atoms with Crippen molar-refractivity contribution in [1.82, 2.24) is 10.6 Å². The van der Waals surface area contributed by atoms with Crippen molar-refractivity contribution < 1.29 is 27.5 Å². The zero-order valence-electron chi connectivity index (χ0n) is 23.3. The molecule has 2 amide bonds. The van der Waals surface area contributed by atoms with E-state index in [4.69, 9.17) is 4.74 Å². The third kappa shape index (κ3) is 6.62. The first kappa shape index (κ1) is 29.6. The molecular formula is C30H34F3N3O3S2. The fourth-order valence-electron chi connectivity index (χ4n) is 5.42. The van der Waals surface area contributed by atoms with Crippen LogP contribution >= 0.6 is 22.7 Å². The van der Waals surface area contributed by atoms with Crippen molar-refractivity contribution in [3.8, 4) is 10.4 Å². The SMILES string of the molecule is CC(C)(C)OC(=O)c1c(NC(=O)NCc2c(-c3ccccc3C(F)(F)F)sc3c2CCCNC3)sc2c1CCCC2. The number of carbonyl (C=O) groups is 2. The molecule has 41 heavy (non-hydrogen) atoms. The van der Waals surface area contributed by atoms with Gasteiger partial charge < -0.3 is 15.4 Å². The van der Waals surface area contributed by atoms with Gasteiger partial charge in [-0.15, -0.1) is 22.7 Å². The molecule has 0 saturated carbocycles. The summed E-state index contributed by atoms with van der Waals surface area (Å²) in [6.07, 6.45) is 0.638. The minimum absolute atomic E-state index is 0.0616. The third-order valence-electron chi connectivity index (χ3n) is 7.17. The van der Waals surface area contributed by atoms with E-state index in [9.17, 15) is 22.8 Å². The van der Waals surface area contributed by atoms with E-state index in [1.54, 1.807) is 26.8 Å². The predicted molar refractivity (Wildman–Crippen MR) is 157 cm³/mol. The summed E-state index contributed by atoms with van der Waals surface area (Å²) < 4.78 is 47.5. The van der Waals surface area contributed by atoms with E-state index in [2.05, 4.69) is 16.0 Å². The molecule has 2 aliphatic rings. The van der Waals surface area contributed by atoms with Gasteiger partial charge in [0.05, 0.1) is 11.1 Å². The van der Waals surface area contributed by atoms with Gasteiger partial charge >= 0.3 is 18.2 Å². The van der Waals surface area contributed by atoms with Crippen LogP contribution in [0.2, 0.25) is 0 Å². The maximum absolute atomic E-state index is 13.9. The lowest BCUT2D eigenvalue weighted by atomic mass is 9.95. The van der Waals surface area contributed by atoms with Crippen LogP contribution in [0.4, 0.5) is 23.0 Å². The number of esters is 1. The summed E-state index contributed by atoms with van der Waals surface area (Å²) in [6, 6.07) is 5.07. The highest BCUT2D eigenvalue weighted by molar-refractivity contribution is 7.17. The molecule has 5 rings (SSSR count). The van der Waals surface area contributed by atoms with Gasteiger partial charge in [-0.25, -0.2) is 9.59 Å². The summed E-state index contributed by atoms with van der Waals surface area (Å²) in [6.45, 7) is 6.87. The van der Waals surface area contributed by atoms with E-state index in [-0.39, 0.29) is 12.1 Å². The number of urea groups is 1. The van der Waals surface area contributed by atoms with Crippen molar-refractivity contribution in [1.29, 1.82) is 0 Å². The van der Waals surface area contributed by atoms with Crippen LogP contribution in [0.5, 0.6) is 0 Å².